The van der Waals surface area contributed by atoms with Crippen LogP contribution in [-0.2, 0) is 9.59 Å². The van der Waals surface area contributed by atoms with E-state index in [1.54, 1.807) is 23.1 Å². The van der Waals surface area contributed by atoms with Crippen LogP contribution in [0.4, 0.5) is 5.69 Å². The third-order valence-electron chi connectivity index (χ3n) is 5.85. The standard InChI is InChI=1S/C19H23Cl2N3O2/c20-13-4-5-16(21)17(11-13)24-8-6-15(19(24)26)18(25)23-10-9-22-7-2-1-3-14(22)12-23/h4-5,11,14-15H,1-3,6-10,12H2/t14-,15-/m1/s1. The molecule has 3 heterocycles. The molecule has 3 aliphatic heterocycles. The first-order valence-electron chi connectivity index (χ1n) is 9.34. The molecule has 2 amide bonds. The van der Waals surface area contributed by atoms with Crippen LogP contribution < -0.4 is 4.90 Å². The van der Waals surface area contributed by atoms with Gasteiger partial charge >= 0.3 is 0 Å². The molecule has 0 aromatic heterocycles. The number of halogens is 2. The monoisotopic (exact) mass is 395 g/mol. The second-order valence-electron chi connectivity index (χ2n) is 7.40. The molecule has 5 nitrogen and oxygen atoms in total. The van der Waals surface area contributed by atoms with Crippen molar-refractivity contribution in [1.82, 2.24) is 9.80 Å². The topological polar surface area (TPSA) is 43.9 Å². The van der Waals surface area contributed by atoms with E-state index in [2.05, 4.69) is 4.90 Å². The second kappa shape index (κ2) is 7.37. The number of benzene rings is 1. The van der Waals surface area contributed by atoms with Crippen molar-refractivity contribution in [2.45, 2.75) is 31.7 Å². The summed E-state index contributed by atoms with van der Waals surface area (Å²) in [6.45, 7) is 4.02. The predicted octanol–water partition coefficient (Wildman–Crippen LogP) is 3.04. The summed E-state index contributed by atoms with van der Waals surface area (Å²) in [4.78, 5) is 31.9. The Labute approximate surface area is 163 Å². The minimum atomic E-state index is -0.597. The molecule has 0 radical (unpaired) electrons. The van der Waals surface area contributed by atoms with Gasteiger partial charge in [0, 0.05) is 37.2 Å². The Balaban J connectivity index is 1.46. The van der Waals surface area contributed by atoms with Gasteiger partial charge in [0.25, 0.3) is 0 Å². The highest BCUT2D eigenvalue weighted by Gasteiger charge is 2.42. The Bertz CT molecular complexity index is 727. The lowest BCUT2D eigenvalue weighted by molar-refractivity contribution is -0.142. The van der Waals surface area contributed by atoms with Crippen LogP contribution >= 0.6 is 23.2 Å². The van der Waals surface area contributed by atoms with Crippen molar-refractivity contribution in [1.29, 1.82) is 0 Å². The number of piperazine rings is 1. The van der Waals surface area contributed by atoms with E-state index >= 15 is 0 Å². The van der Waals surface area contributed by atoms with Crippen molar-refractivity contribution in [2.24, 2.45) is 5.92 Å². The van der Waals surface area contributed by atoms with E-state index in [1.807, 2.05) is 4.90 Å². The number of rotatable bonds is 2. The summed E-state index contributed by atoms with van der Waals surface area (Å²) in [7, 11) is 0. The molecule has 0 N–H and O–H groups in total. The Morgan fingerprint density at radius 1 is 1.04 bits per heavy atom. The van der Waals surface area contributed by atoms with Crippen LogP contribution in [-0.4, -0.2) is 60.4 Å². The van der Waals surface area contributed by atoms with E-state index in [4.69, 9.17) is 23.2 Å². The fourth-order valence-electron chi connectivity index (χ4n) is 4.42. The zero-order valence-corrected chi connectivity index (χ0v) is 16.2. The summed E-state index contributed by atoms with van der Waals surface area (Å²) >= 11 is 12.3. The number of piperidine rings is 1. The van der Waals surface area contributed by atoms with Crippen molar-refractivity contribution in [2.75, 3.05) is 37.6 Å². The molecule has 4 rings (SSSR count). The van der Waals surface area contributed by atoms with E-state index < -0.39 is 5.92 Å². The van der Waals surface area contributed by atoms with Gasteiger partial charge in [-0.25, -0.2) is 0 Å². The smallest absolute Gasteiger partial charge is 0.239 e. The minimum absolute atomic E-state index is 0.0270. The normalized spacial score (nSPS) is 26.9. The number of nitrogens with zero attached hydrogens (tertiary/aromatic N) is 3. The molecule has 3 fully saturated rings. The van der Waals surface area contributed by atoms with Crippen LogP contribution in [0.2, 0.25) is 10.0 Å². The summed E-state index contributed by atoms with van der Waals surface area (Å²) in [5, 5.41) is 1.01. The fourth-order valence-corrected chi connectivity index (χ4v) is 4.80. The highest BCUT2D eigenvalue weighted by Crippen LogP contribution is 2.34. The Kier molecular flexibility index (Phi) is 5.13. The van der Waals surface area contributed by atoms with Crippen molar-refractivity contribution in [3.05, 3.63) is 28.2 Å². The van der Waals surface area contributed by atoms with E-state index in [-0.39, 0.29) is 11.8 Å². The largest absolute Gasteiger partial charge is 0.339 e. The quantitative estimate of drug-likeness (QED) is 0.722. The van der Waals surface area contributed by atoms with Gasteiger partial charge in [-0.2, -0.15) is 0 Å². The maximum atomic E-state index is 13.0. The molecule has 140 valence electrons. The molecule has 3 saturated heterocycles. The average molecular weight is 396 g/mol. The summed E-state index contributed by atoms with van der Waals surface area (Å²) in [6.07, 6.45) is 4.16. The molecule has 0 saturated carbocycles. The van der Waals surface area contributed by atoms with E-state index in [0.717, 1.165) is 32.6 Å². The zero-order chi connectivity index (χ0) is 18.3. The van der Waals surface area contributed by atoms with E-state index in [9.17, 15) is 9.59 Å². The van der Waals surface area contributed by atoms with Crippen LogP contribution in [0.5, 0.6) is 0 Å². The average Bonchev–Trinajstić information content (AvgIpc) is 3.04. The third-order valence-corrected chi connectivity index (χ3v) is 6.41. The highest BCUT2D eigenvalue weighted by molar-refractivity contribution is 6.36. The number of hydrogen-bond acceptors (Lipinski definition) is 3. The van der Waals surface area contributed by atoms with Crippen molar-refractivity contribution >= 4 is 40.7 Å². The number of anilines is 1. The van der Waals surface area contributed by atoms with Gasteiger partial charge in [-0.05, 0) is 44.0 Å². The number of hydrogen-bond donors (Lipinski definition) is 0. The zero-order valence-electron chi connectivity index (χ0n) is 14.7. The van der Waals surface area contributed by atoms with Crippen LogP contribution in [0.1, 0.15) is 25.7 Å². The van der Waals surface area contributed by atoms with Crippen LogP contribution in [0.3, 0.4) is 0 Å². The molecular formula is C19H23Cl2N3O2. The first-order chi connectivity index (χ1) is 12.5. The number of amides is 2. The van der Waals surface area contributed by atoms with Gasteiger partial charge in [0.1, 0.15) is 5.92 Å². The Hall–Kier alpha value is -1.30. The van der Waals surface area contributed by atoms with Gasteiger partial charge in [0.15, 0.2) is 0 Å². The van der Waals surface area contributed by atoms with Crippen LogP contribution in [0.25, 0.3) is 0 Å². The van der Waals surface area contributed by atoms with E-state index in [0.29, 0.717) is 34.7 Å². The highest BCUT2D eigenvalue weighted by atomic mass is 35.5. The van der Waals surface area contributed by atoms with Gasteiger partial charge in [0.05, 0.1) is 10.7 Å². The molecule has 1 aromatic carbocycles. The van der Waals surface area contributed by atoms with Crippen molar-refractivity contribution in [3.8, 4) is 0 Å². The third kappa shape index (κ3) is 3.32. The van der Waals surface area contributed by atoms with Crippen molar-refractivity contribution < 1.29 is 9.59 Å². The lowest BCUT2D eigenvalue weighted by Crippen LogP contribution is -2.57. The second-order valence-corrected chi connectivity index (χ2v) is 8.24. The summed E-state index contributed by atoms with van der Waals surface area (Å²) in [5.74, 6) is -0.786. The van der Waals surface area contributed by atoms with Crippen molar-refractivity contribution in [3.63, 3.8) is 0 Å². The predicted molar refractivity (Wildman–Crippen MR) is 103 cm³/mol. The van der Waals surface area contributed by atoms with E-state index in [1.165, 1.54) is 12.8 Å². The van der Waals surface area contributed by atoms with Gasteiger partial charge in [-0.15, -0.1) is 0 Å². The first-order valence-corrected chi connectivity index (χ1v) is 10.1. The summed E-state index contributed by atoms with van der Waals surface area (Å²) in [5.41, 5.74) is 0.594. The molecule has 1 aromatic rings. The molecule has 0 unspecified atom stereocenters. The first kappa shape index (κ1) is 18.1. The van der Waals surface area contributed by atoms with Crippen LogP contribution in [0, 0.1) is 5.92 Å². The lowest BCUT2D eigenvalue weighted by Gasteiger charge is -2.44. The summed E-state index contributed by atoms with van der Waals surface area (Å²) < 4.78 is 0. The van der Waals surface area contributed by atoms with Gasteiger partial charge < -0.3 is 9.80 Å². The molecule has 0 bridgehead atoms. The van der Waals surface area contributed by atoms with Crippen LogP contribution in [0.15, 0.2) is 18.2 Å². The minimum Gasteiger partial charge on any atom is -0.339 e. The molecule has 7 heteroatoms. The molecule has 0 spiro atoms. The Morgan fingerprint density at radius 3 is 2.73 bits per heavy atom. The number of carbonyl (C=O) groups excluding carboxylic acids is 2. The van der Waals surface area contributed by atoms with Gasteiger partial charge in [-0.1, -0.05) is 29.6 Å². The Morgan fingerprint density at radius 2 is 1.88 bits per heavy atom. The van der Waals surface area contributed by atoms with Gasteiger partial charge in [-0.3, -0.25) is 14.5 Å². The SMILES string of the molecule is O=C([C@H]1CCN(c2cc(Cl)ccc2Cl)C1=O)N1CCN2CCCC[C@@H]2C1. The van der Waals surface area contributed by atoms with Gasteiger partial charge in [0.2, 0.25) is 11.8 Å². The number of carbonyl (C=O) groups is 2. The molecule has 26 heavy (non-hydrogen) atoms. The maximum absolute atomic E-state index is 13.0. The number of fused-ring (bicyclic) bond motifs is 1. The molecule has 2 atom stereocenters. The maximum Gasteiger partial charge on any atom is 0.239 e. The lowest BCUT2D eigenvalue weighted by atomic mass is 9.98. The molecule has 3 aliphatic rings. The summed E-state index contributed by atoms with van der Waals surface area (Å²) in [6, 6.07) is 5.52. The molecule has 0 aliphatic carbocycles. The fraction of sp³-hybridized carbons (Fsp3) is 0.579. The molecular weight excluding hydrogens is 373 g/mol.